The SMILES string of the molecule is COc1ccc(N2CCN(C(=O)c3ccccc3-c3ncc(-c4ccc(Cl)cc4)o3)CC2)cc1. The lowest BCUT2D eigenvalue weighted by molar-refractivity contribution is 0.0747. The molecule has 0 saturated carbocycles. The molecule has 0 atom stereocenters. The normalized spacial score (nSPS) is 13.7. The molecule has 1 fully saturated rings. The minimum Gasteiger partial charge on any atom is -0.497 e. The molecule has 2 heterocycles. The first-order chi connectivity index (χ1) is 16.6. The molecule has 1 aliphatic heterocycles. The molecule has 1 saturated heterocycles. The van der Waals surface area contributed by atoms with Crippen LogP contribution in [0.1, 0.15) is 10.4 Å². The van der Waals surface area contributed by atoms with E-state index >= 15 is 0 Å². The number of piperazine rings is 1. The second kappa shape index (κ2) is 9.61. The summed E-state index contributed by atoms with van der Waals surface area (Å²) in [5.41, 5.74) is 3.28. The predicted octanol–water partition coefficient (Wildman–Crippen LogP) is 5.63. The van der Waals surface area contributed by atoms with Crippen molar-refractivity contribution in [3.8, 4) is 28.5 Å². The van der Waals surface area contributed by atoms with E-state index in [4.69, 9.17) is 20.8 Å². The van der Waals surface area contributed by atoms with Crippen molar-refractivity contribution < 1.29 is 13.9 Å². The van der Waals surface area contributed by atoms with Crippen molar-refractivity contribution in [3.63, 3.8) is 0 Å². The Morgan fingerprint density at radius 3 is 2.35 bits per heavy atom. The number of nitrogens with zero attached hydrogens (tertiary/aromatic N) is 3. The molecule has 1 aromatic heterocycles. The number of rotatable bonds is 5. The number of halogens is 1. The first-order valence-corrected chi connectivity index (χ1v) is 11.5. The maximum absolute atomic E-state index is 13.4. The van der Waals surface area contributed by atoms with Crippen LogP contribution in [0.25, 0.3) is 22.8 Å². The first-order valence-electron chi connectivity index (χ1n) is 11.1. The molecular weight excluding hydrogens is 450 g/mol. The Labute approximate surface area is 203 Å². The van der Waals surface area contributed by atoms with Gasteiger partial charge in [0.2, 0.25) is 5.89 Å². The zero-order valence-electron chi connectivity index (χ0n) is 18.8. The van der Waals surface area contributed by atoms with Gasteiger partial charge in [-0.05, 0) is 60.7 Å². The van der Waals surface area contributed by atoms with Gasteiger partial charge in [-0.1, -0.05) is 23.7 Å². The molecule has 6 nitrogen and oxygen atoms in total. The van der Waals surface area contributed by atoms with Gasteiger partial charge in [0, 0.05) is 48.0 Å². The van der Waals surface area contributed by atoms with Crippen LogP contribution in [0, 0.1) is 0 Å². The zero-order chi connectivity index (χ0) is 23.5. The maximum Gasteiger partial charge on any atom is 0.254 e. The van der Waals surface area contributed by atoms with Crippen LogP contribution in [-0.4, -0.2) is 49.1 Å². The molecule has 0 unspecified atom stereocenters. The van der Waals surface area contributed by atoms with Crippen LogP contribution >= 0.6 is 11.6 Å². The van der Waals surface area contributed by atoms with Crippen molar-refractivity contribution in [2.45, 2.75) is 0 Å². The Morgan fingerprint density at radius 1 is 0.941 bits per heavy atom. The molecule has 0 aliphatic carbocycles. The minimum atomic E-state index is -0.0174. The van der Waals surface area contributed by atoms with Gasteiger partial charge in [-0.25, -0.2) is 4.98 Å². The Morgan fingerprint density at radius 2 is 1.65 bits per heavy atom. The number of carbonyl (C=O) groups is 1. The van der Waals surface area contributed by atoms with E-state index in [1.807, 2.05) is 77.7 Å². The third-order valence-corrected chi connectivity index (χ3v) is 6.28. The van der Waals surface area contributed by atoms with Crippen LogP contribution in [0.15, 0.2) is 83.4 Å². The number of ether oxygens (including phenoxy) is 1. The van der Waals surface area contributed by atoms with Crippen molar-refractivity contribution in [1.29, 1.82) is 0 Å². The zero-order valence-corrected chi connectivity index (χ0v) is 19.5. The predicted molar refractivity (Wildman–Crippen MR) is 133 cm³/mol. The van der Waals surface area contributed by atoms with E-state index in [2.05, 4.69) is 9.88 Å². The van der Waals surface area contributed by atoms with E-state index in [0.29, 0.717) is 40.9 Å². The number of amides is 1. The number of carbonyl (C=O) groups excluding carboxylic acids is 1. The molecule has 0 N–H and O–H groups in total. The largest absolute Gasteiger partial charge is 0.497 e. The van der Waals surface area contributed by atoms with E-state index in [0.717, 1.165) is 30.1 Å². The second-order valence-electron chi connectivity index (χ2n) is 8.06. The summed E-state index contributed by atoms with van der Waals surface area (Å²) >= 11 is 5.99. The third-order valence-electron chi connectivity index (χ3n) is 6.03. The molecule has 4 aromatic rings. The molecular formula is C27H24ClN3O3. The van der Waals surface area contributed by atoms with Crippen molar-refractivity contribution in [2.75, 3.05) is 38.2 Å². The van der Waals surface area contributed by atoms with Crippen molar-refractivity contribution >= 4 is 23.2 Å². The summed E-state index contributed by atoms with van der Waals surface area (Å²) in [5.74, 6) is 1.86. The van der Waals surface area contributed by atoms with Gasteiger partial charge in [0.15, 0.2) is 5.76 Å². The van der Waals surface area contributed by atoms with Crippen LogP contribution in [0.2, 0.25) is 5.02 Å². The highest BCUT2D eigenvalue weighted by atomic mass is 35.5. The lowest BCUT2D eigenvalue weighted by Gasteiger charge is -2.36. The van der Waals surface area contributed by atoms with Gasteiger partial charge in [-0.15, -0.1) is 0 Å². The number of aromatic nitrogens is 1. The number of hydrogen-bond donors (Lipinski definition) is 0. The van der Waals surface area contributed by atoms with Gasteiger partial charge in [0.25, 0.3) is 5.91 Å². The summed E-state index contributed by atoms with van der Waals surface area (Å²) in [5, 5.41) is 0.659. The maximum atomic E-state index is 13.4. The Kier molecular flexibility index (Phi) is 6.23. The number of oxazole rings is 1. The summed E-state index contributed by atoms with van der Waals surface area (Å²) in [4.78, 5) is 22.1. The van der Waals surface area contributed by atoms with Gasteiger partial charge < -0.3 is 19.0 Å². The molecule has 34 heavy (non-hydrogen) atoms. The summed E-state index contributed by atoms with van der Waals surface area (Å²) < 4.78 is 11.3. The molecule has 7 heteroatoms. The van der Waals surface area contributed by atoms with Gasteiger partial charge in [-0.3, -0.25) is 4.79 Å². The van der Waals surface area contributed by atoms with E-state index in [1.54, 1.807) is 13.3 Å². The number of benzene rings is 3. The Hall–Kier alpha value is -3.77. The first kappa shape index (κ1) is 22.0. The molecule has 0 spiro atoms. The molecule has 172 valence electrons. The average Bonchev–Trinajstić information content (AvgIpc) is 3.39. The van der Waals surface area contributed by atoms with Crippen molar-refractivity contribution in [2.24, 2.45) is 0 Å². The molecule has 1 amide bonds. The summed E-state index contributed by atoms with van der Waals surface area (Å²) in [6, 6.07) is 22.8. The van der Waals surface area contributed by atoms with E-state index in [1.165, 1.54) is 0 Å². The highest BCUT2D eigenvalue weighted by molar-refractivity contribution is 6.30. The summed E-state index contributed by atoms with van der Waals surface area (Å²) in [6.07, 6.45) is 1.67. The molecule has 0 bridgehead atoms. The fourth-order valence-corrected chi connectivity index (χ4v) is 4.26. The monoisotopic (exact) mass is 473 g/mol. The topological polar surface area (TPSA) is 58.8 Å². The highest BCUT2D eigenvalue weighted by Gasteiger charge is 2.25. The molecule has 5 rings (SSSR count). The van der Waals surface area contributed by atoms with Gasteiger partial charge >= 0.3 is 0 Å². The van der Waals surface area contributed by atoms with E-state index in [-0.39, 0.29) is 5.91 Å². The lowest BCUT2D eigenvalue weighted by atomic mass is 10.1. The quantitative estimate of drug-likeness (QED) is 0.376. The fraction of sp³-hybridized carbons (Fsp3) is 0.185. The molecule has 3 aromatic carbocycles. The minimum absolute atomic E-state index is 0.0174. The van der Waals surface area contributed by atoms with Gasteiger partial charge in [0.05, 0.1) is 18.9 Å². The second-order valence-corrected chi connectivity index (χ2v) is 8.50. The van der Waals surface area contributed by atoms with Crippen LogP contribution in [0.3, 0.4) is 0 Å². The Balaban J connectivity index is 1.32. The molecule has 1 aliphatic rings. The van der Waals surface area contributed by atoms with Crippen LogP contribution < -0.4 is 9.64 Å². The van der Waals surface area contributed by atoms with Gasteiger partial charge in [0.1, 0.15) is 5.75 Å². The Bertz CT molecular complexity index is 1280. The number of anilines is 1. The molecule has 0 radical (unpaired) electrons. The van der Waals surface area contributed by atoms with Crippen molar-refractivity contribution in [1.82, 2.24) is 9.88 Å². The van der Waals surface area contributed by atoms with Crippen LogP contribution in [0.5, 0.6) is 5.75 Å². The van der Waals surface area contributed by atoms with E-state index < -0.39 is 0 Å². The van der Waals surface area contributed by atoms with Crippen LogP contribution in [0.4, 0.5) is 5.69 Å². The lowest BCUT2D eigenvalue weighted by Crippen LogP contribution is -2.48. The summed E-state index contributed by atoms with van der Waals surface area (Å²) in [6.45, 7) is 2.81. The third kappa shape index (κ3) is 4.50. The fourth-order valence-electron chi connectivity index (χ4n) is 4.13. The van der Waals surface area contributed by atoms with Gasteiger partial charge in [-0.2, -0.15) is 0 Å². The highest BCUT2D eigenvalue weighted by Crippen LogP contribution is 2.30. The average molecular weight is 474 g/mol. The number of methoxy groups -OCH3 is 1. The number of hydrogen-bond acceptors (Lipinski definition) is 5. The van der Waals surface area contributed by atoms with Crippen LogP contribution in [-0.2, 0) is 0 Å². The van der Waals surface area contributed by atoms with E-state index in [9.17, 15) is 4.79 Å². The standard InChI is InChI=1S/C27H24ClN3O3/c1-33-22-12-10-21(11-13-22)30-14-16-31(17-15-30)27(32)24-5-3-2-4-23(24)26-29-18-25(34-26)19-6-8-20(28)9-7-19/h2-13,18H,14-17H2,1H3. The van der Waals surface area contributed by atoms with Crippen molar-refractivity contribution in [3.05, 3.63) is 89.6 Å². The summed E-state index contributed by atoms with van der Waals surface area (Å²) in [7, 11) is 1.66. The smallest absolute Gasteiger partial charge is 0.254 e.